The van der Waals surface area contributed by atoms with Gasteiger partial charge in [0, 0.05) is 0 Å². The summed E-state index contributed by atoms with van der Waals surface area (Å²) in [6, 6.07) is 10.8. The van der Waals surface area contributed by atoms with Gasteiger partial charge in [0.1, 0.15) is 0 Å². The second kappa shape index (κ2) is 10.2. The molecule has 2 nitrogen and oxygen atoms in total. The molecule has 2 rings (SSSR count). The fraction of sp³-hybridized carbons (Fsp3) is 0.682. The van der Waals surface area contributed by atoms with Crippen LogP contribution in [0, 0.1) is 0 Å². The summed E-state index contributed by atoms with van der Waals surface area (Å²) in [5.74, 6) is 0.329. The van der Waals surface area contributed by atoms with E-state index in [0.29, 0.717) is 5.91 Å². The normalized spacial score (nSPS) is 19.1. The average Bonchev–Trinajstić information content (AvgIpc) is 3.11. The molecule has 1 amide bonds. The van der Waals surface area contributed by atoms with Crippen LogP contribution in [0.5, 0.6) is 0 Å². The Hall–Kier alpha value is -0.400. The summed E-state index contributed by atoms with van der Waals surface area (Å²) in [5.41, 5.74) is 1.68. The first-order valence-corrected chi connectivity index (χ1v) is 15.4. The number of unbranched alkanes of at least 4 members (excludes halogenated alkanes) is 3. The third-order valence-electron chi connectivity index (χ3n) is 6.13. The molecule has 1 saturated heterocycles. The molecule has 1 aromatic rings. The molecular weight excluding hydrogens is 405 g/mol. The zero-order chi connectivity index (χ0) is 18.9. The molecule has 0 aromatic heterocycles. The number of amides is 1. The third-order valence-corrected chi connectivity index (χ3v) is 17.0. The van der Waals surface area contributed by atoms with Crippen molar-refractivity contribution in [1.82, 2.24) is 5.32 Å². The second-order valence-corrected chi connectivity index (χ2v) is 19.1. The van der Waals surface area contributed by atoms with Crippen LogP contribution in [0.4, 0.5) is 0 Å². The van der Waals surface area contributed by atoms with Gasteiger partial charge in [0.15, 0.2) is 0 Å². The monoisotopic (exact) mass is 441 g/mol. The van der Waals surface area contributed by atoms with E-state index in [1.807, 2.05) is 0 Å². The van der Waals surface area contributed by atoms with Gasteiger partial charge in [-0.25, -0.2) is 0 Å². The molecule has 148 valence electrons. The van der Waals surface area contributed by atoms with Crippen molar-refractivity contribution in [3.8, 4) is 0 Å². The fourth-order valence-corrected chi connectivity index (χ4v) is 14.1. The summed E-state index contributed by atoms with van der Waals surface area (Å²) in [4.78, 5) is 12.7. The number of aryl methyl sites for hydroxylation is 1. The van der Waals surface area contributed by atoms with Gasteiger partial charge in [-0.2, -0.15) is 0 Å². The summed E-state index contributed by atoms with van der Waals surface area (Å²) in [7, 11) is 0. The maximum atomic E-state index is 12.7. The number of hydrogen-bond acceptors (Lipinski definition) is 1. The van der Waals surface area contributed by atoms with Gasteiger partial charge in [0.2, 0.25) is 0 Å². The molecule has 1 unspecified atom stereocenters. The number of hydrogen-bond donors (Lipinski definition) is 1. The second-order valence-electron chi connectivity index (χ2n) is 8.09. The molecule has 26 heavy (non-hydrogen) atoms. The van der Waals surface area contributed by atoms with Gasteiger partial charge in [0.05, 0.1) is 0 Å². The van der Waals surface area contributed by atoms with Crippen LogP contribution in [0.15, 0.2) is 30.3 Å². The third kappa shape index (κ3) is 5.55. The van der Waals surface area contributed by atoms with Gasteiger partial charge < -0.3 is 0 Å². The minimum atomic E-state index is -2.20. The van der Waals surface area contributed by atoms with Crippen LogP contribution in [0.2, 0.25) is 0 Å². The first-order valence-electron chi connectivity index (χ1n) is 10.6. The fourth-order valence-electron chi connectivity index (χ4n) is 4.53. The molecule has 1 aromatic carbocycles. The van der Waals surface area contributed by atoms with Gasteiger partial charge in [-0.3, -0.25) is 0 Å². The Morgan fingerprint density at radius 2 is 1.62 bits per heavy atom. The molecule has 0 saturated carbocycles. The Morgan fingerprint density at radius 1 is 1.00 bits per heavy atom. The van der Waals surface area contributed by atoms with Crippen molar-refractivity contribution < 1.29 is 4.79 Å². The number of benzene rings is 1. The van der Waals surface area contributed by atoms with Gasteiger partial charge in [0.25, 0.3) is 0 Å². The standard InChI is InChI=1S/C22H37BrNOP/c1-3-5-17-26(23,18-6-4-2,21-15-16-24-22(21)25)19-11-10-14-20-12-8-7-9-13-20/h7-9,12-13,21H,3-6,10-11,14-19H2,1-2H3,(H,24,25). The zero-order valence-electron chi connectivity index (χ0n) is 16.7. The van der Waals surface area contributed by atoms with Crippen LogP contribution < -0.4 is 5.32 Å². The van der Waals surface area contributed by atoms with Gasteiger partial charge in [-0.15, -0.1) is 0 Å². The molecule has 1 atom stereocenters. The summed E-state index contributed by atoms with van der Waals surface area (Å²) in [6.45, 7) is 5.42. The zero-order valence-corrected chi connectivity index (χ0v) is 19.2. The SMILES string of the molecule is CCCCP(Br)(CCCC)(CCCCc1ccccc1)C1CCNC1=O. The Kier molecular flexibility index (Phi) is 8.61. The first-order chi connectivity index (χ1) is 12.5. The van der Waals surface area contributed by atoms with Crippen LogP contribution >= 0.6 is 20.8 Å². The first kappa shape index (κ1) is 21.9. The Labute approximate surface area is 168 Å². The Bertz CT molecular complexity index is 555. The quantitative estimate of drug-likeness (QED) is 0.296. The molecule has 0 radical (unpaired) electrons. The van der Waals surface area contributed by atoms with E-state index in [9.17, 15) is 4.79 Å². The van der Waals surface area contributed by atoms with Crippen molar-refractivity contribution in [2.75, 3.05) is 25.0 Å². The van der Waals surface area contributed by atoms with Crippen molar-refractivity contribution in [1.29, 1.82) is 0 Å². The summed E-state index contributed by atoms with van der Waals surface area (Å²) in [5, 5.41) is 0.931. The topological polar surface area (TPSA) is 29.1 Å². The molecule has 1 heterocycles. The predicted octanol–water partition coefficient (Wildman–Crippen LogP) is 6.36. The Balaban J connectivity index is 2.10. The Morgan fingerprint density at radius 3 is 2.15 bits per heavy atom. The van der Waals surface area contributed by atoms with Crippen molar-refractivity contribution >= 4 is 26.7 Å². The van der Waals surface area contributed by atoms with Crippen LogP contribution in [-0.4, -0.2) is 36.6 Å². The van der Waals surface area contributed by atoms with Crippen LogP contribution in [0.1, 0.15) is 64.4 Å². The van der Waals surface area contributed by atoms with Crippen molar-refractivity contribution in [3.63, 3.8) is 0 Å². The summed E-state index contributed by atoms with van der Waals surface area (Å²) >= 11 is 4.42. The number of carbonyl (C=O) groups is 1. The van der Waals surface area contributed by atoms with E-state index in [1.165, 1.54) is 62.6 Å². The van der Waals surface area contributed by atoms with Crippen LogP contribution in [0.25, 0.3) is 0 Å². The van der Waals surface area contributed by atoms with E-state index in [-0.39, 0.29) is 5.66 Å². The van der Waals surface area contributed by atoms with E-state index < -0.39 is 5.31 Å². The number of nitrogens with one attached hydrogen (secondary N) is 1. The molecule has 1 fully saturated rings. The maximum absolute atomic E-state index is 12.7. The molecular formula is C22H37BrNOP. The van der Waals surface area contributed by atoms with E-state index >= 15 is 0 Å². The van der Waals surface area contributed by atoms with Crippen molar-refractivity contribution in [3.05, 3.63) is 35.9 Å². The van der Waals surface area contributed by atoms with Gasteiger partial charge in [-0.05, 0) is 0 Å². The molecule has 4 heteroatoms. The number of carbonyl (C=O) groups excluding carboxylic acids is 1. The van der Waals surface area contributed by atoms with Gasteiger partial charge >= 0.3 is 169 Å². The summed E-state index contributed by atoms with van der Waals surface area (Å²) < 4.78 is 0. The van der Waals surface area contributed by atoms with E-state index in [1.54, 1.807) is 0 Å². The summed E-state index contributed by atoms with van der Waals surface area (Å²) in [6.07, 6.45) is 13.3. The molecule has 1 aliphatic rings. The molecule has 0 spiro atoms. The molecule has 1 aliphatic heterocycles. The van der Waals surface area contributed by atoms with Crippen molar-refractivity contribution in [2.45, 2.75) is 70.9 Å². The van der Waals surface area contributed by atoms with Crippen LogP contribution in [0.3, 0.4) is 0 Å². The van der Waals surface area contributed by atoms with E-state index in [0.717, 1.165) is 19.4 Å². The van der Waals surface area contributed by atoms with E-state index in [2.05, 4.69) is 65.0 Å². The molecule has 0 aliphatic carbocycles. The number of rotatable bonds is 12. The predicted molar refractivity (Wildman–Crippen MR) is 121 cm³/mol. The van der Waals surface area contributed by atoms with Crippen molar-refractivity contribution in [2.24, 2.45) is 0 Å². The average molecular weight is 442 g/mol. The minimum absolute atomic E-state index is 0.246. The number of halogens is 1. The molecule has 0 bridgehead atoms. The van der Waals surface area contributed by atoms with Crippen LogP contribution in [-0.2, 0) is 11.2 Å². The van der Waals surface area contributed by atoms with Gasteiger partial charge in [-0.1, -0.05) is 0 Å². The molecule has 1 N–H and O–H groups in total. The van der Waals surface area contributed by atoms with E-state index in [4.69, 9.17) is 0 Å².